The number of halogens is 5. The van der Waals surface area contributed by atoms with Crippen LogP contribution in [0, 0.1) is 17.6 Å². The minimum absolute atomic E-state index is 0.0207. The molecule has 3 rings (SSSR count). The molecule has 1 aliphatic carbocycles. The van der Waals surface area contributed by atoms with Gasteiger partial charge >= 0.3 is 6.18 Å². The monoisotopic (exact) mass is 550 g/mol. The minimum atomic E-state index is -4.66. The highest BCUT2D eigenvalue weighted by Crippen LogP contribution is 2.50. The lowest BCUT2D eigenvalue weighted by atomic mass is 9.75. The third kappa shape index (κ3) is 6.17. The summed E-state index contributed by atoms with van der Waals surface area (Å²) in [6.45, 7) is 6.94. The van der Waals surface area contributed by atoms with Crippen LogP contribution in [-0.4, -0.2) is 40.9 Å². The number of hydrogen-bond donors (Lipinski definition) is 1. The van der Waals surface area contributed by atoms with Crippen LogP contribution in [0.2, 0.25) is 25.7 Å². The summed E-state index contributed by atoms with van der Waals surface area (Å²) in [5.74, 6) is -2.49. The highest BCUT2D eigenvalue weighted by Gasteiger charge is 2.53. The molecule has 1 saturated carbocycles. The van der Waals surface area contributed by atoms with Crippen molar-refractivity contribution < 1.29 is 40.2 Å². The predicted molar refractivity (Wildman–Crippen MR) is 129 cm³/mol. The molecule has 36 heavy (non-hydrogen) atoms. The fourth-order valence-electron chi connectivity index (χ4n) is 4.59. The Morgan fingerprint density at radius 3 is 2.31 bits per heavy atom. The summed E-state index contributed by atoms with van der Waals surface area (Å²) >= 11 is 0. The van der Waals surface area contributed by atoms with Crippen LogP contribution in [-0.2, 0) is 25.5 Å². The summed E-state index contributed by atoms with van der Waals surface area (Å²) in [4.78, 5) is -0.436. The average Bonchev–Trinajstić information content (AvgIpc) is 2.78. The Morgan fingerprint density at radius 2 is 1.72 bits per heavy atom. The maximum absolute atomic E-state index is 15.1. The van der Waals surface area contributed by atoms with Crippen LogP contribution in [0.4, 0.5) is 22.0 Å². The van der Waals surface area contributed by atoms with E-state index in [1.807, 2.05) is 0 Å². The average molecular weight is 551 g/mol. The standard InChI is InChI=1S/C25H31F5O4SSi/c1-36(2,3)13-12-34-16-17-15-24(11-10-23(17)31,21-14-19(26)6-9-22(21)27)35(32,33)20-7-4-18(5-8-20)25(28,29)30/h4-9,14,17,23,31H,10-13,15-16H2,1-3H3/t17-,23+,24+/m0/s1. The van der Waals surface area contributed by atoms with Crippen molar-refractivity contribution in [2.75, 3.05) is 13.2 Å². The van der Waals surface area contributed by atoms with Crippen LogP contribution in [0.3, 0.4) is 0 Å². The Kier molecular flexibility index (Phi) is 8.39. The molecule has 2 aromatic rings. The Balaban J connectivity index is 2.04. The van der Waals surface area contributed by atoms with E-state index >= 15 is 4.39 Å². The Bertz CT molecular complexity index is 1160. The number of benzene rings is 2. The summed E-state index contributed by atoms with van der Waals surface area (Å²) in [6.07, 6.45) is -6.13. The zero-order chi connectivity index (χ0) is 26.9. The number of alkyl halides is 3. The van der Waals surface area contributed by atoms with Gasteiger partial charge in [0.1, 0.15) is 16.4 Å². The fourth-order valence-corrected chi connectivity index (χ4v) is 7.56. The summed E-state index contributed by atoms with van der Waals surface area (Å²) in [6, 6.07) is 6.34. The molecule has 0 bridgehead atoms. The molecule has 1 N–H and O–H groups in total. The number of sulfone groups is 1. The van der Waals surface area contributed by atoms with E-state index in [1.54, 1.807) is 0 Å². The summed E-state index contributed by atoms with van der Waals surface area (Å²) in [5, 5.41) is 10.6. The van der Waals surface area contributed by atoms with E-state index in [0.29, 0.717) is 18.7 Å². The summed E-state index contributed by atoms with van der Waals surface area (Å²) in [7, 11) is -5.92. The number of ether oxygens (including phenoxy) is 1. The molecule has 0 spiro atoms. The molecule has 0 saturated heterocycles. The van der Waals surface area contributed by atoms with Crippen LogP contribution in [0.5, 0.6) is 0 Å². The molecule has 4 nitrogen and oxygen atoms in total. The molecule has 200 valence electrons. The second-order valence-electron chi connectivity index (χ2n) is 10.6. The van der Waals surface area contributed by atoms with Crippen molar-refractivity contribution in [2.24, 2.45) is 5.92 Å². The van der Waals surface area contributed by atoms with Gasteiger partial charge in [-0.15, -0.1) is 0 Å². The second kappa shape index (κ2) is 10.5. The number of hydrogen-bond acceptors (Lipinski definition) is 4. The lowest BCUT2D eigenvalue weighted by Gasteiger charge is -2.43. The number of aliphatic hydroxyl groups is 1. The van der Waals surface area contributed by atoms with Crippen molar-refractivity contribution in [3.05, 3.63) is 65.2 Å². The first-order valence-electron chi connectivity index (χ1n) is 11.7. The summed E-state index contributed by atoms with van der Waals surface area (Å²) in [5.41, 5.74) is -1.43. The normalized spacial score (nSPS) is 23.6. The molecule has 0 aromatic heterocycles. The highest BCUT2D eigenvalue weighted by molar-refractivity contribution is 7.92. The van der Waals surface area contributed by atoms with Gasteiger partial charge < -0.3 is 9.84 Å². The first kappa shape index (κ1) is 28.7. The first-order chi connectivity index (χ1) is 16.6. The molecular weight excluding hydrogens is 519 g/mol. The molecule has 0 amide bonds. The van der Waals surface area contributed by atoms with Crippen molar-refractivity contribution in [2.45, 2.75) is 66.9 Å². The minimum Gasteiger partial charge on any atom is -0.393 e. The first-order valence-corrected chi connectivity index (χ1v) is 16.9. The van der Waals surface area contributed by atoms with Crippen LogP contribution in [0.25, 0.3) is 0 Å². The number of rotatable bonds is 8. The molecule has 1 aliphatic rings. The van der Waals surface area contributed by atoms with Gasteiger partial charge in [-0.05, 0) is 67.8 Å². The van der Waals surface area contributed by atoms with Crippen molar-refractivity contribution in [1.82, 2.24) is 0 Å². The Morgan fingerprint density at radius 1 is 1.08 bits per heavy atom. The third-order valence-corrected chi connectivity index (χ3v) is 11.0. The zero-order valence-corrected chi connectivity index (χ0v) is 22.2. The largest absolute Gasteiger partial charge is 0.416 e. The van der Waals surface area contributed by atoms with E-state index in [4.69, 9.17) is 4.74 Å². The molecule has 0 unspecified atom stereocenters. The van der Waals surface area contributed by atoms with Crippen LogP contribution < -0.4 is 0 Å². The molecule has 0 aliphatic heterocycles. The SMILES string of the molecule is C[Si](C)(C)CCOC[C@@H]1C[C@](c2cc(F)ccc2F)(S(=O)(=O)c2ccc(C(F)(F)F)cc2)CC[C@H]1O. The van der Waals surface area contributed by atoms with Gasteiger partial charge in [-0.1, -0.05) is 19.6 Å². The van der Waals surface area contributed by atoms with Crippen molar-refractivity contribution in [3.8, 4) is 0 Å². The highest BCUT2D eigenvalue weighted by atomic mass is 32.2. The Hall–Kier alpha value is -1.82. The molecule has 1 fully saturated rings. The van der Waals surface area contributed by atoms with Crippen LogP contribution in [0.15, 0.2) is 47.4 Å². The van der Waals surface area contributed by atoms with E-state index < -0.39 is 68.5 Å². The molecule has 0 heterocycles. The van der Waals surface area contributed by atoms with E-state index in [0.717, 1.165) is 36.4 Å². The molecule has 3 atom stereocenters. The van der Waals surface area contributed by atoms with Gasteiger partial charge in [0.05, 0.1) is 23.2 Å². The van der Waals surface area contributed by atoms with Crippen molar-refractivity contribution >= 4 is 17.9 Å². The lowest BCUT2D eigenvalue weighted by Crippen LogP contribution is -2.47. The van der Waals surface area contributed by atoms with Gasteiger partial charge in [0.25, 0.3) is 0 Å². The van der Waals surface area contributed by atoms with Gasteiger partial charge in [0.2, 0.25) is 0 Å². The van der Waals surface area contributed by atoms with Crippen LogP contribution in [0.1, 0.15) is 30.4 Å². The number of aliphatic hydroxyl groups excluding tert-OH is 1. The van der Waals surface area contributed by atoms with Crippen LogP contribution >= 0.6 is 0 Å². The molecule has 11 heteroatoms. The maximum Gasteiger partial charge on any atom is 0.416 e. The fraction of sp³-hybridized carbons (Fsp3) is 0.520. The van der Waals surface area contributed by atoms with E-state index in [2.05, 4.69) is 19.6 Å². The summed E-state index contributed by atoms with van der Waals surface area (Å²) < 4.78 is 100. The molecular formula is C25H31F5O4SSi. The van der Waals surface area contributed by atoms with Crippen molar-refractivity contribution in [1.29, 1.82) is 0 Å². The Labute approximate surface area is 209 Å². The molecule has 2 aromatic carbocycles. The topological polar surface area (TPSA) is 63.6 Å². The van der Waals surface area contributed by atoms with Crippen molar-refractivity contribution in [3.63, 3.8) is 0 Å². The second-order valence-corrected chi connectivity index (χ2v) is 18.5. The molecule has 0 radical (unpaired) electrons. The van der Waals surface area contributed by atoms with Gasteiger partial charge in [0.15, 0.2) is 9.84 Å². The van der Waals surface area contributed by atoms with Gasteiger partial charge in [-0.25, -0.2) is 17.2 Å². The quantitative estimate of drug-likeness (QED) is 0.243. The predicted octanol–water partition coefficient (Wildman–Crippen LogP) is 6.17. The smallest absolute Gasteiger partial charge is 0.393 e. The van der Waals surface area contributed by atoms with Gasteiger partial charge in [0, 0.05) is 26.2 Å². The van der Waals surface area contributed by atoms with Gasteiger partial charge in [-0.2, -0.15) is 13.2 Å². The lowest BCUT2D eigenvalue weighted by molar-refractivity contribution is -0.137. The zero-order valence-electron chi connectivity index (χ0n) is 20.4. The third-order valence-electron chi connectivity index (χ3n) is 6.73. The van der Waals surface area contributed by atoms with E-state index in [1.165, 1.54) is 0 Å². The maximum atomic E-state index is 15.1. The van der Waals surface area contributed by atoms with E-state index in [-0.39, 0.29) is 25.9 Å². The van der Waals surface area contributed by atoms with Gasteiger partial charge in [-0.3, -0.25) is 0 Å². The van der Waals surface area contributed by atoms with E-state index in [9.17, 15) is 31.1 Å².